The molecule has 6 rings (SSSR count). The number of thiophene rings is 1. The fourth-order valence-electron chi connectivity index (χ4n) is 5.18. The number of carbonyl (C=O) groups excluding carboxylic acids is 3. The highest BCUT2D eigenvalue weighted by molar-refractivity contribution is 7.15. The van der Waals surface area contributed by atoms with E-state index in [1.807, 2.05) is 35.8 Å². The Morgan fingerprint density at radius 2 is 1.93 bits per heavy atom. The number of pyridine rings is 1. The first-order valence-corrected chi connectivity index (χ1v) is 14.6. The molecule has 0 aliphatic carbocycles. The van der Waals surface area contributed by atoms with E-state index in [9.17, 15) is 14.4 Å². The van der Waals surface area contributed by atoms with Gasteiger partial charge in [0, 0.05) is 46.7 Å². The molecule has 4 amide bonds. The number of aliphatic imine (C=N–C) groups is 1. The third kappa shape index (κ3) is 5.07. The second-order valence-corrected chi connectivity index (χ2v) is 11.8. The van der Waals surface area contributed by atoms with E-state index >= 15 is 0 Å². The SMILES string of the molecule is Cc1sc2c(c1C)C(c1ccc(Cl)cc1)=N[C@@H](CC(=O)NCc1ccncc1N1CCC(=O)NC1=O)c1nnc(C)n1-2. The van der Waals surface area contributed by atoms with Crippen LogP contribution in [0.4, 0.5) is 10.5 Å². The van der Waals surface area contributed by atoms with Gasteiger partial charge in [-0.25, -0.2) is 4.79 Å². The molecule has 3 aromatic heterocycles. The number of aryl methyl sites for hydroxylation is 2. The highest BCUT2D eigenvalue weighted by Crippen LogP contribution is 2.39. The van der Waals surface area contributed by atoms with Crippen molar-refractivity contribution in [3.05, 3.63) is 86.5 Å². The number of nitrogens with one attached hydrogen (secondary N) is 2. The summed E-state index contributed by atoms with van der Waals surface area (Å²) in [5.74, 6) is 0.740. The van der Waals surface area contributed by atoms with Gasteiger partial charge in [-0.2, -0.15) is 0 Å². The van der Waals surface area contributed by atoms with Gasteiger partial charge in [-0.1, -0.05) is 23.7 Å². The number of aromatic nitrogens is 4. The van der Waals surface area contributed by atoms with E-state index in [4.69, 9.17) is 16.6 Å². The number of halogens is 1. The molecule has 2 N–H and O–H groups in total. The first-order valence-electron chi connectivity index (χ1n) is 13.4. The number of imide groups is 1. The van der Waals surface area contributed by atoms with Crippen molar-refractivity contribution in [1.29, 1.82) is 0 Å². The molecule has 1 atom stereocenters. The molecule has 0 radical (unpaired) electrons. The van der Waals surface area contributed by atoms with Gasteiger partial charge in [0.2, 0.25) is 11.8 Å². The summed E-state index contributed by atoms with van der Waals surface area (Å²) in [4.78, 5) is 49.4. The van der Waals surface area contributed by atoms with E-state index in [1.54, 1.807) is 29.8 Å². The minimum atomic E-state index is -0.605. The molecule has 214 valence electrons. The molecule has 2 aliphatic rings. The van der Waals surface area contributed by atoms with Crippen LogP contribution < -0.4 is 15.5 Å². The average Bonchev–Trinajstić information content (AvgIpc) is 3.44. The summed E-state index contributed by atoms with van der Waals surface area (Å²) < 4.78 is 2.00. The van der Waals surface area contributed by atoms with E-state index in [0.29, 0.717) is 27.9 Å². The molecule has 4 aromatic rings. The Labute approximate surface area is 250 Å². The summed E-state index contributed by atoms with van der Waals surface area (Å²) in [7, 11) is 0. The third-order valence-corrected chi connectivity index (χ3v) is 8.89. The van der Waals surface area contributed by atoms with E-state index < -0.39 is 12.1 Å². The maximum absolute atomic E-state index is 13.4. The summed E-state index contributed by atoms with van der Waals surface area (Å²) in [6.45, 7) is 6.45. The molecular formula is C29H27ClN8O3S. The van der Waals surface area contributed by atoms with Gasteiger partial charge < -0.3 is 5.32 Å². The number of amides is 4. The second kappa shape index (κ2) is 11.1. The molecule has 13 heteroatoms. The Bertz CT molecular complexity index is 1760. The van der Waals surface area contributed by atoms with Gasteiger partial charge in [-0.05, 0) is 50.1 Å². The first-order chi connectivity index (χ1) is 20.2. The van der Waals surface area contributed by atoms with Crippen LogP contribution in [-0.2, 0) is 16.1 Å². The van der Waals surface area contributed by atoms with Crippen molar-refractivity contribution < 1.29 is 14.4 Å². The van der Waals surface area contributed by atoms with Gasteiger partial charge in [-0.3, -0.25) is 34.3 Å². The van der Waals surface area contributed by atoms with Crippen LogP contribution in [0.15, 0.2) is 47.7 Å². The van der Waals surface area contributed by atoms with E-state index in [0.717, 1.165) is 32.3 Å². The quantitative estimate of drug-likeness (QED) is 0.337. The zero-order chi connectivity index (χ0) is 29.5. The number of anilines is 1. The minimum Gasteiger partial charge on any atom is -0.352 e. The largest absolute Gasteiger partial charge is 0.352 e. The number of urea groups is 1. The molecule has 0 bridgehead atoms. The van der Waals surface area contributed by atoms with Gasteiger partial charge >= 0.3 is 6.03 Å². The molecule has 11 nitrogen and oxygen atoms in total. The number of fused-ring (bicyclic) bond motifs is 3. The maximum atomic E-state index is 13.4. The third-order valence-electron chi connectivity index (χ3n) is 7.44. The standard InChI is InChI=1S/C29H27ClN8O3S/c1-15-16(2)42-28-25(15)26(18-4-6-20(30)7-5-18)33-21(27-36-35-17(3)38(27)28)12-24(40)32-13-19-8-10-31-14-22(19)37-11-9-23(39)34-29(37)41/h4-8,10,14,21H,9,11-13H2,1-3H3,(H,32,40)(H,34,39,41)/t21-/m0/s1. The van der Waals surface area contributed by atoms with Crippen molar-refractivity contribution in [2.75, 3.05) is 11.4 Å². The van der Waals surface area contributed by atoms with E-state index in [1.165, 1.54) is 4.90 Å². The monoisotopic (exact) mass is 602 g/mol. The molecule has 0 unspecified atom stereocenters. The van der Waals surface area contributed by atoms with E-state index in [2.05, 4.69) is 39.7 Å². The molecular weight excluding hydrogens is 576 g/mol. The van der Waals surface area contributed by atoms with Crippen molar-refractivity contribution in [1.82, 2.24) is 30.4 Å². The highest BCUT2D eigenvalue weighted by atomic mass is 35.5. The van der Waals surface area contributed by atoms with Crippen LogP contribution in [-0.4, -0.2) is 49.9 Å². The number of carbonyl (C=O) groups is 3. The Kier molecular flexibility index (Phi) is 7.33. The van der Waals surface area contributed by atoms with Gasteiger partial charge in [0.25, 0.3) is 0 Å². The minimum absolute atomic E-state index is 0.0291. The van der Waals surface area contributed by atoms with E-state index in [-0.39, 0.29) is 37.7 Å². The Morgan fingerprint density at radius 1 is 1.14 bits per heavy atom. The first kappa shape index (κ1) is 27.7. The summed E-state index contributed by atoms with van der Waals surface area (Å²) in [6, 6.07) is 8.15. The van der Waals surface area contributed by atoms with Crippen LogP contribution >= 0.6 is 22.9 Å². The predicted molar refractivity (Wildman–Crippen MR) is 159 cm³/mol. The number of nitrogens with zero attached hydrogens (tertiary/aromatic N) is 6. The average molecular weight is 603 g/mol. The predicted octanol–water partition coefficient (Wildman–Crippen LogP) is 4.35. The molecule has 1 fully saturated rings. The lowest BCUT2D eigenvalue weighted by Crippen LogP contribution is -2.50. The number of rotatable bonds is 6. The van der Waals surface area contributed by atoms with Crippen LogP contribution in [0.1, 0.15) is 57.7 Å². The van der Waals surface area contributed by atoms with Crippen molar-refractivity contribution in [3.63, 3.8) is 0 Å². The zero-order valence-corrected chi connectivity index (χ0v) is 24.7. The summed E-state index contributed by atoms with van der Waals surface area (Å²) in [5.41, 5.74) is 5.00. The molecule has 2 aliphatic heterocycles. The lowest BCUT2D eigenvalue weighted by Gasteiger charge is -2.28. The Balaban J connectivity index is 1.30. The van der Waals surface area contributed by atoms with Gasteiger partial charge in [0.1, 0.15) is 16.9 Å². The zero-order valence-electron chi connectivity index (χ0n) is 23.1. The van der Waals surface area contributed by atoms with Crippen LogP contribution in [0.5, 0.6) is 0 Å². The Morgan fingerprint density at radius 3 is 2.69 bits per heavy atom. The lowest BCUT2D eigenvalue weighted by molar-refractivity contribution is -0.122. The van der Waals surface area contributed by atoms with Crippen molar-refractivity contribution in [2.45, 2.75) is 46.2 Å². The van der Waals surface area contributed by atoms with Crippen molar-refractivity contribution in [2.24, 2.45) is 4.99 Å². The molecule has 1 aromatic carbocycles. The fourth-order valence-corrected chi connectivity index (χ4v) is 6.52. The molecule has 5 heterocycles. The van der Waals surface area contributed by atoms with Crippen LogP contribution in [0.2, 0.25) is 5.02 Å². The molecule has 0 spiro atoms. The fraction of sp³-hybridized carbons (Fsp3) is 0.276. The van der Waals surface area contributed by atoms with Crippen LogP contribution in [0.25, 0.3) is 5.00 Å². The molecule has 0 saturated carbocycles. The number of hydrogen-bond acceptors (Lipinski definition) is 8. The lowest BCUT2D eigenvalue weighted by atomic mass is 9.99. The second-order valence-electron chi connectivity index (χ2n) is 10.1. The summed E-state index contributed by atoms with van der Waals surface area (Å²) in [5, 5.41) is 15.7. The molecule has 42 heavy (non-hydrogen) atoms. The molecule has 1 saturated heterocycles. The normalized spacial score (nSPS) is 16.3. The summed E-state index contributed by atoms with van der Waals surface area (Å²) in [6.07, 6.45) is 3.37. The highest BCUT2D eigenvalue weighted by Gasteiger charge is 2.32. The van der Waals surface area contributed by atoms with Crippen LogP contribution in [0, 0.1) is 20.8 Å². The van der Waals surface area contributed by atoms with Crippen LogP contribution in [0.3, 0.4) is 0 Å². The number of benzene rings is 1. The topological polar surface area (TPSA) is 134 Å². The smallest absolute Gasteiger partial charge is 0.328 e. The maximum Gasteiger partial charge on any atom is 0.328 e. The number of hydrogen-bond donors (Lipinski definition) is 2. The van der Waals surface area contributed by atoms with Gasteiger partial charge in [-0.15, -0.1) is 21.5 Å². The summed E-state index contributed by atoms with van der Waals surface area (Å²) >= 11 is 7.84. The van der Waals surface area contributed by atoms with Gasteiger partial charge in [0.15, 0.2) is 5.82 Å². The van der Waals surface area contributed by atoms with Crippen molar-refractivity contribution in [3.8, 4) is 5.00 Å². The van der Waals surface area contributed by atoms with Crippen molar-refractivity contribution >= 4 is 52.2 Å². The Hall–Kier alpha value is -4.42. The van der Waals surface area contributed by atoms with Gasteiger partial charge in [0.05, 0.1) is 24.0 Å².